The Morgan fingerprint density at radius 2 is 1.74 bits per heavy atom. The van der Waals surface area contributed by atoms with Gasteiger partial charge in [-0.3, -0.25) is 4.79 Å². The van der Waals surface area contributed by atoms with Crippen molar-refractivity contribution in [3.8, 4) is 11.3 Å². The van der Waals surface area contributed by atoms with Gasteiger partial charge in [0.25, 0.3) is 0 Å². The van der Waals surface area contributed by atoms with Gasteiger partial charge in [0.15, 0.2) is 5.78 Å². The summed E-state index contributed by atoms with van der Waals surface area (Å²) in [6, 6.07) is 22.2. The summed E-state index contributed by atoms with van der Waals surface area (Å²) in [5.41, 5.74) is 4.73. The van der Waals surface area contributed by atoms with E-state index in [4.69, 9.17) is 4.42 Å². The van der Waals surface area contributed by atoms with E-state index in [9.17, 15) is 14.7 Å². The van der Waals surface area contributed by atoms with Crippen molar-refractivity contribution < 1.29 is 19.1 Å². The number of furan rings is 1. The third-order valence-corrected chi connectivity index (χ3v) is 7.06. The van der Waals surface area contributed by atoms with Crippen molar-refractivity contribution in [1.82, 2.24) is 0 Å². The summed E-state index contributed by atoms with van der Waals surface area (Å²) in [7, 11) is 0. The number of carboxylic acid groups (broad SMARTS) is 1. The van der Waals surface area contributed by atoms with Gasteiger partial charge in [0, 0.05) is 28.8 Å². The number of rotatable bonds is 3. The summed E-state index contributed by atoms with van der Waals surface area (Å²) in [6.45, 7) is 4.30. The molecule has 1 aromatic heterocycles. The van der Waals surface area contributed by atoms with Crippen LogP contribution in [0.3, 0.4) is 0 Å². The number of nitrogens with one attached hydrogen (secondary N) is 1. The minimum absolute atomic E-state index is 0.114. The third kappa shape index (κ3) is 3.55. The molecular formula is C30H24NO4-. The summed E-state index contributed by atoms with van der Waals surface area (Å²) < 4.78 is 6.25. The summed E-state index contributed by atoms with van der Waals surface area (Å²) in [4.78, 5) is 24.6. The lowest BCUT2D eigenvalue weighted by molar-refractivity contribution is -0.255. The van der Waals surface area contributed by atoms with Gasteiger partial charge in [-0.2, -0.15) is 0 Å². The molecule has 0 saturated heterocycles. The van der Waals surface area contributed by atoms with Crippen LogP contribution in [0.25, 0.3) is 27.7 Å². The summed E-state index contributed by atoms with van der Waals surface area (Å²) in [5.74, 6) is 0.196. The van der Waals surface area contributed by atoms with Gasteiger partial charge in [-0.1, -0.05) is 68.4 Å². The molecule has 2 heterocycles. The standard InChI is InChI=1S/C30H25NO4/c1-30(2)15-21-26-20-6-4-3-5-17(20)11-12-22(26)31-28(27(21)23(32)16-30)25-14-13-24(35-25)18-7-9-19(10-8-18)29(33)34/h3-14,28,31H,15-16H2,1-2H3,(H,33,34)/p-1/t28-/m0/s1. The molecule has 5 heteroatoms. The van der Waals surface area contributed by atoms with Gasteiger partial charge in [-0.15, -0.1) is 0 Å². The molecule has 0 radical (unpaired) electrons. The molecule has 1 N–H and O–H groups in total. The quantitative estimate of drug-likeness (QED) is 0.418. The maximum absolute atomic E-state index is 13.6. The van der Waals surface area contributed by atoms with Gasteiger partial charge in [0.1, 0.15) is 17.6 Å². The number of allylic oxidation sites excluding steroid dienone is 1. The van der Waals surface area contributed by atoms with Gasteiger partial charge in [0.05, 0.1) is 5.97 Å². The highest BCUT2D eigenvalue weighted by Crippen LogP contribution is 2.52. The average molecular weight is 463 g/mol. The molecule has 5 nitrogen and oxygen atoms in total. The predicted molar refractivity (Wildman–Crippen MR) is 134 cm³/mol. The largest absolute Gasteiger partial charge is 0.545 e. The Kier molecular flexibility index (Phi) is 4.71. The van der Waals surface area contributed by atoms with Crippen molar-refractivity contribution in [2.24, 2.45) is 5.41 Å². The van der Waals surface area contributed by atoms with Crippen molar-refractivity contribution in [3.05, 3.63) is 95.3 Å². The maximum Gasteiger partial charge on any atom is 0.162 e. The van der Waals surface area contributed by atoms with Crippen molar-refractivity contribution in [2.75, 3.05) is 5.32 Å². The number of fused-ring (bicyclic) bond motifs is 4. The molecule has 174 valence electrons. The number of hydrogen-bond acceptors (Lipinski definition) is 5. The highest BCUT2D eigenvalue weighted by Gasteiger charge is 2.41. The second-order valence-electron chi connectivity index (χ2n) is 10.2. The highest BCUT2D eigenvalue weighted by molar-refractivity contribution is 6.12. The first-order valence-electron chi connectivity index (χ1n) is 11.8. The molecule has 35 heavy (non-hydrogen) atoms. The van der Waals surface area contributed by atoms with E-state index in [0.717, 1.165) is 45.2 Å². The molecule has 6 rings (SSSR count). The number of hydrogen-bond donors (Lipinski definition) is 1. The van der Waals surface area contributed by atoms with Crippen LogP contribution in [0, 0.1) is 5.41 Å². The van der Waals surface area contributed by atoms with E-state index in [-0.39, 0.29) is 16.8 Å². The molecule has 3 aromatic carbocycles. The molecule has 0 bridgehead atoms. The number of anilines is 1. The van der Waals surface area contributed by atoms with Gasteiger partial charge < -0.3 is 19.6 Å². The molecule has 0 spiro atoms. The minimum atomic E-state index is -1.22. The molecule has 0 saturated carbocycles. The van der Waals surface area contributed by atoms with Crippen LogP contribution in [0.2, 0.25) is 0 Å². The Bertz CT molecular complexity index is 1540. The fourth-order valence-electron chi connectivity index (χ4n) is 5.48. The number of Topliss-reactive ketones (excluding diaryl/α,β-unsaturated/α-hetero) is 1. The molecule has 1 atom stereocenters. The number of carbonyl (C=O) groups is 2. The second-order valence-corrected chi connectivity index (χ2v) is 10.2. The van der Waals surface area contributed by atoms with E-state index in [1.165, 1.54) is 12.1 Å². The summed E-state index contributed by atoms with van der Waals surface area (Å²) >= 11 is 0. The number of ketones is 1. The smallest absolute Gasteiger partial charge is 0.162 e. The van der Waals surface area contributed by atoms with Crippen LogP contribution in [0.15, 0.2) is 82.8 Å². The van der Waals surface area contributed by atoms with E-state index in [0.29, 0.717) is 17.9 Å². The Balaban J connectivity index is 1.48. The molecular weight excluding hydrogens is 438 g/mol. The van der Waals surface area contributed by atoms with Gasteiger partial charge in [0.2, 0.25) is 0 Å². The van der Waals surface area contributed by atoms with Crippen LogP contribution >= 0.6 is 0 Å². The number of benzene rings is 3. The van der Waals surface area contributed by atoms with Crippen molar-refractivity contribution in [1.29, 1.82) is 0 Å². The Labute approximate surface area is 203 Å². The van der Waals surface area contributed by atoms with Crippen molar-refractivity contribution in [2.45, 2.75) is 32.7 Å². The fourth-order valence-corrected chi connectivity index (χ4v) is 5.48. The van der Waals surface area contributed by atoms with Gasteiger partial charge in [-0.25, -0.2) is 0 Å². The van der Waals surface area contributed by atoms with Crippen LogP contribution < -0.4 is 10.4 Å². The van der Waals surface area contributed by atoms with Gasteiger partial charge >= 0.3 is 0 Å². The first kappa shape index (κ1) is 21.4. The fraction of sp³-hybridized carbons (Fsp3) is 0.200. The van der Waals surface area contributed by atoms with Crippen molar-refractivity contribution in [3.63, 3.8) is 0 Å². The maximum atomic E-state index is 13.6. The predicted octanol–water partition coefficient (Wildman–Crippen LogP) is 5.77. The molecule has 4 aromatic rings. The Hall–Kier alpha value is -4.12. The van der Waals surface area contributed by atoms with E-state index in [2.05, 4.69) is 43.4 Å². The number of aromatic carboxylic acids is 1. The SMILES string of the molecule is CC1(C)CC(=O)C2=C(C1)c1c(ccc3ccccc13)N[C@H]2c1ccc(-c2ccc(C(=O)[O-])cc2)o1. The van der Waals surface area contributed by atoms with E-state index >= 15 is 0 Å². The molecule has 2 aliphatic rings. The molecule has 0 fully saturated rings. The van der Waals surface area contributed by atoms with Crippen molar-refractivity contribution >= 4 is 33.8 Å². The van der Waals surface area contributed by atoms with E-state index < -0.39 is 12.0 Å². The monoisotopic (exact) mass is 462 g/mol. The zero-order valence-corrected chi connectivity index (χ0v) is 19.6. The highest BCUT2D eigenvalue weighted by atomic mass is 16.4. The van der Waals surface area contributed by atoms with E-state index in [1.807, 2.05) is 24.3 Å². The zero-order valence-electron chi connectivity index (χ0n) is 19.6. The zero-order chi connectivity index (χ0) is 24.3. The number of carbonyl (C=O) groups excluding carboxylic acids is 2. The van der Waals surface area contributed by atoms with Crippen LogP contribution in [-0.4, -0.2) is 11.8 Å². The first-order chi connectivity index (χ1) is 16.8. The Morgan fingerprint density at radius 3 is 2.51 bits per heavy atom. The van der Waals surface area contributed by atoms with E-state index in [1.54, 1.807) is 12.1 Å². The summed E-state index contributed by atoms with van der Waals surface area (Å²) in [5, 5.41) is 17.0. The van der Waals surface area contributed by atoms with Crippen LogP contribution in [-0.2, 0) is 4.79 Å². The number of carboxylic acids is 1. The van der Waals surface area contributed by atoms with Crippen LogP contribution in [0.5, 0.6) is 0 Å². The molecule has 1 aliphatic carbocycles. The second kappa shape index (κ2) is 7.70. The lowest BCUT2D eigenvalue weighted by atomic mass is 9.68. The first-order valence-corrected chi connectivity index (χ1v) is 11.8. The Morgan fingerprint density at radius 1 is 0.971 bits per heavy atom. The normalized spacial score (nSPS) is 18.7. The third-order valence-electron chi connectivity index (χ3n) is 7.06. The molecule has 0 unspecified atom stereocenters. The van der Waals surface area contributed by atoms with Crippen LogP contribution in [0.4, 0.5) is 5.69 Å². The lowest BCUT2D eigenvalue weighted by Crippen LogP contribution is -2.33. The molecule has 0 amide bonds. The average Bonchev–Trinajstić information content (AvgIpc) is 3.32. The minimum Gasteiger partial charge on any atom is -0.545 e. The lowest BCUT2D eigenvalue weighted by Gasteiger charge is -2.39. The summed E-state index contributed by atoms with van der Waals surface area (Å²) in [6.07, 6.45) is 1.30. The molecule has 1 aliphatic heterocycles. The van der Waals surface area contributed by atoms with Crippen LogP contribution in [0.1, 0.15) is 54.4 Å². The topological polar surface area (TPSA) is 82.4 Å². The van der Waals surface area contributed by atoms with Gasteiger partial charge in [-0.05, 0) is 51.9 Å².